The summed E-state index contributed by atoms with van der Waals surface area (Å²) in [7, 11) is 1.51. The number of nitrogens with zero attached hydrogens (tertiary/aromatic N) is 5. The Balaban J connectivity index is 1.73. The molecule has 4 aromatic rings. The maximum Gasteiger partial charge on any atom is 0.417 e. The lowest BCUT2D eigenvalue weighted by Gasteiger charge is -2.12. The molecule has 10 heteroatoms. The van der Waals surface area contributed by atoms with Gasteiger partial charge in [0.25, 0.3) is 5.56 Å². The van der Waals surface area contributed by atoms with E-state index in [0.717, 1.165) is 6.07 Å². The SMILES string of the molecule is Cc1nn(C)c2nc(OCc3cc(=O)n4ccccc4n3)cc(C(F)(F)F)c12. The Bertz CT molecular complexity index is 1260. The molecule has 28 heavy (non-hydrogen) atoms. The monoisotopic (exact) mass is 389 g/mol. The molecule has 7 nitrogen and oxygen atoms in total. The molecule has 0 bridgehead atoms. The van der Waals surface area contributed by atoms with Crippen LogP contribution in [0.15, 0.2) is 41.3 Å². The van der Waals surface area contributed by atoms with Crippen LogP contribution in [0.25, 0.3) is 16.7 Å². The number of rotatable bonds is 3. The number of aromatic nitrogens is 5. The molecule has 0 amide bonds. The Morgan fingerprint density at radius 1 is 1.18 bits per heavy atom. The predicted molar refractivity (Wildman–Crippen MR) is 94.0 cm³/mol. The standard InChI is InChI=1S/C18H14F3N5O2/c1-10-16-12(18(19,20)21)8-14(23-17(16)25(2)24-10)28-9-11-7-15(27)26-6-4-3-5-13(26)22-11/h3-8H,9H2,1-2H3. The fourth-order valence-corrected chi connectivity index (χ4v) is 3.04. The molecule has 0 saturated heterocycles. The van der Waals surface area contributed by atoms with Crippen LogP contribution >= 0.6 is 0 Å². The van der Waals surface area contributed by atoms with E-state index >= 15 is 0 Å². The fraction of sp³-hybridized carbons (Fsp3) is 0.222. The fourth-order valence-electron chi connectivity index (χ4n) is 3.04. The molecule has 0 aromatic carbocycles. The number of alkyl halides is 3. The van der Waals surface area contributed by atoms with Gasteiger partial charge in [-0.05, 0) is 19.1 Å². The van der Waals surface area contributed by atoms with Crippen molar-refractivity contribution in [2.75, 3.05) is 0 Å². The Labute approximate surface area is 156 Å². The molecule has 0 fully saturated rings. The van der Waals surface area contributed by atoms with Crippen molar-refractivity contribution in [1.82, 2.24) is 24.1 Å². The van der Waals surface area contributed by atoms with Crippen molar-refractivity contribution in [3.8, 4) is 5.88 Å². The highest BCUT2D eigenvalue weighted by Crippen LogP contribution is 2.37. The van der Waals surface area contributed by atoms with E-state index in [1.54, 1.807) is 24.4 Å². The van der Waals surface area contributed by atoms with Crippen LogP contribution in [-0.2, 0) is 19.8 Å². The average Bonchev–Trinajstić information content (AvgIpc) is 2.93. The van der Waals surface area contributed by atoms with Gasteiger partial charge in [0, 0.05) is 25.4 Å². The second-order valence-corrected chi connectivity index (χ2v) is 6.22. The minimum absolute atomic E-state index is 0.0638. The van der Waals surface area contributed by atoms with Crippen LogP contribution in [0.1, 0.15) is 17.0 Å². The molecule has 0 N–H and O–H groups in total. The van der Waals surface area contributed by atoms with E-state index in [-0.39, 0.29) is 40.5 Å². The van der Waals surface area contributed by atoms with Gasteiger partial charge in [0.2, 0.25) is 5.88 Å². The molecule has 0 aliphatic carbocycles. The number of ether oxygens (including phenoxy) is 1. The summed E-state index contributed by atoms with van der Waals surface area (Å²) in [5.41, 5.74) is -0.194. The van der Waals surface area contributed by atoms with E-state index < -0.39 is 11.7 Å². The molecule has 0 aliphatic rings. The number of pyridine rings is 2. The van der Waals surface area contributed by atoms with Crippen molar-refractivity contribution >= 4 is 16.7 Å². The van der Waals surface area contributed by atoms with Gasteiger partial charge in [0.1, 0.15) is 12.3 Å². The first-order chi connectivity index (χ1) is 13.2. The van der Waals surface area contributed by atoms with Gasteiger partial charge >= 0.3 is 6.18 Å². The van der Waals surface area contributed by atoms with Gasteiger partial charge in [-0.15, -0.1) is 0 Å². The maximum atomic E-state index is 13.5. The van der Waals surface area contributed by atoms with Crippen molar-refractivity contribution in [3.05, 3.63) is 63.8 Å². The summed E-state index contributed by atoms with van der Waals surface area (Å²) in [4.78, 5) is 20.5. The lowest BCUT2D eigenvalue weighted by molar-refractivity contribution is -0.136. The normalized spacial score (nSPS) is 12.0. The summed E-state index contributed by atoms with van der Waals surface area (Å²) in [6.07, 6.45) is -3.02. The third kappa shape index (κ3) is 3.06. The zero-order chi connectivity index (χ0) is 20.1. The van der Waals surface area contributed by atoms with Gasteiger partial charge in [-0.2, -0.15) is 23.3 Å². The average molecular weight is 389 g/mol. The summed E-state index contributed by atoms with van der Waals surface area (Å²) in [6, 6.07) is 7.17. The molecular weight excluding hydrogens is 375 g/mol. The van der Waals surface area contributed by atoms with E-state index in [4.69, 9.17) is 4.74 Å². The van der Waals surface area contributed by atoms with Crippen LogP contribution in [0, 0.1) is 6.92 Å². The quantitative estimate of drug-likeness (QED) is 0.539. The maximum absolute atomic E-state index is 13.5. The van der Waals surface area contributed by atoms with Crippen LogP contribution < -0.4 is 10.3 Å². The van der Waals surface area contributed by atoms with Gasteiger partial charge in [0.05, 0.1) is 22.3 Å². The molecule has 0 radical (unpaired) electrons. The van der Waals surface area contributed by atoms with Crippen molar-refractivity contribution in [2.45, 2.75) is 19.7 Å². The van der Waals surface area contributed by atoms with E-state index in [9.17, 15) is 18.0 Å². The van der Waals surface area contributed by atoms with E-state index in [1.165, 1.54) is 29.1 Å². The number of hydrogen-bond acceptors (Lipinski definition) is 5. The van der Waals surface area contributed by atoms with Crippen LogP contribution in [0.4, 0.5) is 13.2 Å². The number of hydrogen-bond donors (Lipinski definition) is 0. The summed E-state index contributed by atoms with van der Waals surface area (Å²) in [5.74, 6) is -0.224. The number of fused-ring (bicyclic) bond motifs is 2. The third-order valence-corrected chi connectivity index (χ3v) is 4.24. The molecule has 0 saturated carbocycles. The molecule has 0 spiro atoms. The number of aryl methyl sites for hydroxylation is 2. The minimum atomic E-state index is -4.59. The summed E-state index contributed by atoms with van der Waals surface area (Å²) < 4.78 is 48.6. The first kappa shape index (κ1) is 18.0. The zero-order valence-corrected chi connectivity index (χ0v) is 14.9. The van der Waals surface area contributed by atoms with Gasteiger partial charge in [0.15, 0.2) is 5.65 Å². The Morgan fingerprint density at radius 3 is 2.71 bits per heavy atom. The summed E-state index contributed by atoms with van der Waals surface area (Å²) in [5, 5.41) is 3.95. The van der Waals surface area contributed by atoms with Crippen LogP contribution in [0.2, 0.25) is 0 Å². The van der Waals surface area contributed by atoms with Crippen molar-refractivity contribution in [1.29, 1.82) is 0 Å². The van der Waals surface area contributed by atoms with Crippen molar-refractivity contribution in [2.24, 2.45) is 7.05 Å². The highest BCUT2D eigenvalue weighted by molar-refractivity contribution is 5.83. The van der Waals surface area contributed by atoms with E-state index in [2.05, 4.69) is 15.1 Å². The first-order valence-electron chi connectivity index (χ1n) is 8.26. The lowest BCUT2D eigenvalue weighted by atomic mass is 10.1. The highest BCUT2D eigenvalue weighted by Gasteiger charge is 2.35. The molecule has 0 unspecified atom stereocenters. The Morgan fingerprint density at radius 2 is 1.96 bits per heavy atom. The van der Waals surface area contributed by atoms with Gasteiger partial charge in [-0.3, -0.25) is 13.9 Å². The summed E-state index contributed by atoms with van der Waals surface area (Å²) in [6.45, 7) is 1.29. The smallest absolute Gasteiger partial charge is 0.417 e. The highest BCUT2D eigenvalue weighted by atomic mass is 19.4. The molecule has 0 atom stereocenters. The molecular formula is C18H14F3N5O2. The van der Waals surface area contributed by atoms with E-state index in [1.807, 2.05) is 0 Å². The predicted octanol–water partition coefficient (Wildman–Crippen LogP) is 2.88. The van der Waals surface area contributed by atoms with Crippen molar-refractivity contribution in [3.63, 3.8) is 0 Å². The summed E-state index contributed by atoms with van der Waals surface area (Å²) >= 11 is 0. The second kappa shape index (κ2) is 6.32. The Kier molecular flexibility index (Phi) is 4.06. The second-order valence-electron chi connectivity index (χ2n) is 6.22. The molecule has 144 valence electrons. The molecule has 4 rings (SSSR count). The third-order valence-electron chi connectivity index (χ3n) is 4.24. The van der Waals surface area contributed by atoms with Crippen LogP contribution in [0.3, 0.4) is 0 Å². The molecule has 0 aliphatic heterocycles. The molecule has 4 aromatic heterocycles. The first-order valence-corrected chi connectivity index (χ1v) is 8.26. The zero-order valence-electron chi connectivity index (χ0n) is 14.9. The Hall–Kier alpha value is -3.43. The number of halogens is 3. The van der Waals surface area contributed by atoms with Crippen molar-refractivity contribution < 1.29 is 17.9 Å². The minimum Gasteiger partial charge on any atom is -0.471 e. The van der Waals surface area contributed by atoms with Gasteiger partial charge < -0.3 is 4.74 Å². The van der Waals surface area contributed by atoms with Gasteiger partial charge in [-0.25, -0.2) is 4.98 Å². The lowest BCUT2D eigenvalue weighted by Crippen LogP contribution is -2.16. The van der Waals surface area contributed by atoms with Crippen LogP contribution in [0.5, 0.6) is 5.88 Å². The topological polar surface area (TPSA) is 74.3 Å². The van der Waals surface area contributed by atoms with E-state index in [0.29, 0.717) is 5.65 Å². The van der Waals surface area contributed by atoms with Gasteiger partial charge in [-0.1, -0.05) is 6.07 Å². The largest absolute Gasteiger partial charge is 0.471 e. The van der Waals surface area contributed by atoms with Crippen LogP contribution in [-0.4, -0.2) is 24.1 Å². The molecule has 4 heterocycles.